The number of amides is 1. The summed E-state index contributed by atoms with van der Waals surface area (Å²) in [7, 11) is 0. The molecule has 0 saturated carbocycles. The molecule has 0 aliphatic carbocycles. The van der Waals surface area contributed by atoms with Crippen molar-refractivity contribution in [3.05, 3.63) is 47.5 Å². The van der Waals surface area contributed by atoms with Gasteiger partial charge in [0, 0.05) is 17.5 Å². The second-order valence-corrected chi connectivity index (χ2v) is 8.13. The highest BCUT2D eigenvalue weighted by atomic mass is 19.1. The topological polar surface area (TPSA) is 47.4 Å². The molecule has 1 aromatic heterocycles. The molecule has 1 aliphatic rings. The highest BCUT2D eigenvalue weighted by Crippen LogP contribution is 2.35. The SMILES string of the molecule is CC(C)(C)OC(=O)N1Cc2cnn(-c3ccc(F)cc3)c2C(C)(C)C1. The van der Waals surface area contributed by atoms with Gasteiger partial charge in [0.1, 0.15) is 11.4 Å². The number of hydrogen-bond acceptors (Lipinski definition) is 3. The van der Waals surface area contributed by atoms with Gasteiger partial charge in [-0.3, -0.25) is 0 Å². The van der Waals surface area contributed by atoms with Crippen LogP contribution >= 0.6 is 0 Å². The number of ether oxygens (including phenoxy) is 1. The van der Waals surface area contributed by atoms with E-state index in [-0.39, 0.29) is 17.3 Å². The number of rotatable bonds is 1. The lowest BCUT2D eigenvalue weighted by atomic mass is 9.83. The van der Waals surface area contributed by atoms with E-state index < -0.39 is 5.60 Å². The smallest absolute Gasteiger partial charge is 0.410 e. The van der Waals surface area contributed by atoms with E-state index in [1.807, 2.05) is 25.5 Å². The molecule has 1 amide bonds. The number of halogens is 1. The van der Waals surface area contributed by atoms with Gasteiger partial charge in [-0.1, -0.05) is 13.8 Å². The second-order valence-electron chi connectivity index (χ2n) is 8.13. The Labute approximate surface area is 147 Å². The third kappa shape index (κ3) is 3.52. The van der Waals surface area contributed by atoms with Crippen molar-refractivity contribution >= 4 is 6.09 Å². The Hall–Kier alpha value is -2.37. The third-order valence-corrected chi connectivity index (χ3v) is 4.16. The van der Waals surface area contributed by atoms with E-state index in [4.69, 9.17) is 4.74 Å². The van der Waals surface area contributed by atoms with Crippen LogP contribution in [-0.4, -0.2) is 32.9 Å². The maximum Gasteiger partial charge on any atom is 0.410 e. The molecule has 25 heavy (non-hydrogen) atoms. The normalized spacial score (nSPS) is 16.5. The van der Waals surface area contributed by atoms with Crippen molar-refractivity contribution in [2.75, 3.05) is 6.54 Å². The van der Waals surface area contributed by atoms with E-state index in [9.17, 15) is 9.18 Å². The molecule has 1 aromatic carbocycles. The summed E-state index contributed by atoms with van der Waals surface area (Å²) in [5.74, 6) is -0.278. The van der Waals surface area contributed by atoms with E-state index in [0.29, 0.717) is 13.1 Å². The molecule has 0 unspecified atom stereocenters. The Bertz CT molecular complexity index is 788. The molecule has 0 radical (unpaired) electrons. The Morgan fingerprint density at radius 3 is 2.48 bits per heavy atom. The summed E-state index contributed by atoms with van der Waals surface area (Å²) in [4.78, 5) is 14.2. The van der Waals surface area contributed by atoms with Gasteiger partial charge in [0.25, 0.3) is 0 Å². The van der Waals surface area contributed by atoms with Crippen molar-refractivity contribution in [3.8, 4) is 5.69 Å². The number of fused-ring (bicyclic) bond motifs is 1. The lowest BCUT2D eigenvalue weighted by Crippen LogP contribution is -2.47. The fraction of sp³-hybridized carbons (Fsp3) is 0.474. The molecule has 0 spiro atoms. The van der Waals surface area contributed by atoms with Crippen LogP contribution in [0.15, 0.2) is 30.5 Å². The van der Waals surface area contributed by atoms with Crippen LogP contribution in [-0.2, 0) is 16.7 Å². The molecule has 2 heterocycles. The first-order valence-corrected chi connectivity index (χ1v) is 8.38. The van der Waals surface area contributed by atoms with Crippen LogP contribution < -0.4 is 0 Å². The number of carbonyl (C=O) groups is 1. The van der Waals surface area contributed by atoms with E-state index in [1.54, 1.807) is 23.2 Å². The summed E-state index contributed by atoms with van der Waals surface area (Å²) >= 11 is 0. The summed E-state index contributed by atoms with van der Waals surface area (Å²) in [5.41, 5.74) is 1.99. The van der Waals surface area contributed by atoms with E-state index in [0.717, 1.165) is 16.9 Å². The van der Waals surface area contributed by atoms with Crippen LogP contribution in [0.5, 0.6) is 0 Å². The Kier molecular flexibility index (Phi) is 4.09. The molecule has 0 saturated heterocycles. The highest BCUT2D eigenvalue weighted by molar-refractivity contribution is 5.69. The minimum Gasteiger partial charge on any atom is -0.444 e. The predicted molar refractivity (Wildman–Crippen MR) is 93.2 cm³/mol. The van der Waals surface area contributed by atoms with Gasteiger partial charge in [-0.15, -0.1) is 0 Å². The monoisotopic (exact) mass is 345 g/mol. The van der Waals surface area contributed by atoms with E-state index in [1.165, 1.54) is 12.1 Å². The highest BCUT2D eigenvalue weighted by Gasteiger charge is 2.39. The average molecular weight is 345 g/mol. The fourth-order valence-corrected chi connectivity index (χ4v) is 3.27. The number of nitrogens with zero attached hydrogens (tertiary/aromatic N) is 3. The first-order chi connectivity index (χ1) is 11.6. The summed E-state index contributed by atoms with van der Waals surface area (Å²) in [6.45, 7) is 10.7. The van der Waals surface area contributed by atoms with E-state index in [2.05, 4.69) is 18.9 Å². The Balaban J connectivity index is 1.93. The van der Waals surface area contributed by atoms with Crippen molar-refractivity contribution in [2.45, 2.75) is 52.2 Å². The van der Waals surface area contributed by atoms with Gasteiger partial charge < -0.3 is 9.64 Å². The molecule has 3 rings (SSSR count). The first-order valence-electron chi connectivity index (χ1n) is 8.38. The quantitative estimate of drug-likeness (QED) is 0.784. The van der Waals surface area contributed by atoms with Gasteiger partial charge in [0.05, 0.1) is 24.1 Å². The number of carbonyl (C=O) groups excluding carboxylic acids is 1. The number of benzene rings is 1. The molecular weight excluding hydrogens is 321 g/mol. The van der Waals surface area contributed by atoms with Gasteiger partial charge in [-0.25, -0.2) is 13.9 Å². The molecule has 0 atom stereocenters. The number of hydrogen-bond donors (Lipinski definition) is 0. The average Bonchev–Trinajstić information content (AvgIpc) is 2.90. The molecular formula is C19H24FN3O2. The van der Waals surface area contributed by atoms with Crippen molar-refractivity contribution in [1.82, 2.24) is 14.7 Å². The van der Waals surface area contributed by atoms with Crippen LogP contribution in [0.3, 0.4) is 0 Å². The Morgan fingerprint density at radius 1 is 1.24 bits per heavy atom. The van der Waals surface area contributed by atoms with Crippen molar-refractivity contribution in [1.29, 1.82) is 0 Å². The van der Waals surface area contributed by atoms with Crippen molar-refractivity contribution < 1.29 is 13.9 Å². The summed E-state index contributed by atoms with van der Waals surface area (Å²) in [6.07, 6.45) is 1.46. The molecule has 0 fully saturated rings. The van der Waals surface area contributed by atoms with Crippen LogP contribution in [0.25, 0.3) is 5.69 Å². The largest absolute Gasteiger partial charge is 0.444 e. The summed E-state index contributed by atoms with van der Waals surface area (Å²) in [6, 6.07) is 6.26. The third-order valence-electron chi connectivity index (χ3n) is 4.16. The van der Waals surface area contributed by atoms with Crippen molar-refractivity contribution in [3.63, 3.8) is 0 Å². The fourth-order valence-electron chi connectivity index (χ4n) is 3.27. The van der Waals surface area contributed by atoms with Crippen LogP contribution in [0.1, 0.15) is 45.9 Å². The molecule has 0 bridgehead atoms. The minimum absolute atomic E-state index is 0.278. The van der Waals surface area contributed by atoms with Crippen LogP contribution in [0, 0.1) is 5.82 Å². The second kappa shape index (κ2) is 5.86. The van der Waals surface area contributed by atoms with Gasteiger partial charge in [0.2, 0.25) is 0 Å². The van der Waals surface area contributed by atoms with Crippen molar-refractivity contribution in [2.24, 2.45) is 0 Å². The molecule has 134 valence electrons. The standard InChI is InChI=1S/C19H24FN3O2/c1-18(2,3)25-17(24)22-11-13-10-21-23(16(13)19(4,5)12-22)15-8-6-14(20)7-9-15/h6-10H,11-12H2,1-5H3. The minimum atomic E-state index is -0.528. The number of aromatic nitrogens is 2. The molecule has 0 N–H and O–H groups in total. The lowest BCUT2D eigenvalue weighted by Gasteiger charge is -2.39. The predicted octanol–water partition coefficient (Wildman–Crippen LogP) is 4.04. The zero-order chi connectivity index (χ0) is 18.4. The van der Waals surface area contributed by atoms with E-state index >= 15 is 0 Å². The van der Waals surface area contributed by atoms with Gasteiger partial charge in [-0.2, -0.15) is 5.10 Å². The molecule has 5 nitrogen and oxygen atoms in total. The zero-order valence-corrected chi connectivity index (χ0v) is 15.3. The summed E-state index contributed by atoms with van der Waals surface area (Å²) in [5, 5.41) is 4.48. The molecule has 6 heteroatoms. The molecule has 1 aliphatic heterocycles. The Morgan fingerprint density at radius 2 is 1.88 bits per heavy atom. The van der Waals surface area contributed by atoms with Crippen LogP contribution in [0.2, 0.25) is 0 Å². The maximum atomic E-state index is 13.2. The van der Waals surface area contributed by atoms with Crippen LogP contribution in [0.4, 0.5) is 9.18 Å². The maximum absolute atomic E-state index is 13.2. The van der Waals surface area contributed by atoms with Gasteiger partial charge in [0.15, 0.2) is 0 Å². The van der Waals surface area contributed by atoms with Gasteiger partial charge in [-0.05, 0) is 45.0 Å². The first kappa shape index (κ1) is 17.5. The zero-order valence-electron chi connectivity index (χ0n) is 15.3. The van der Waals surface area contributed by atoms with Gasteiger partial charge >= 0.3 is 6.09 Å². The molecule has 2 aromatic rings. The summed E-state index contributed by atoms with van der Waals surface area (Å²) < 4.78 is 20.5. The lowest BCUT2D eigenvalue weighted by molar-refractivity contribution is 0.0171.